The molecule has 16 nitrogen and oxygen atoms in total. The van der Waals surface area contributed by atoms with Gasteiger partial charge in [-0.2, -0.15) is 10.5 Å². The molecule has 3 amide bonds. The highest BCUT2D eigenvalue weighted by Crippen LogP contribution is 2.55. The number of aromatic nitrogens is 2. The third-order valence-electron chi connectivity index (χ3n) is 13.3. The van der Waals surface area contributed by atoms with Gasteiger partial charge in [-0.25, -0.2) is 4.98 Å². The summed E-state index contributed by atoms with van der Waals surface area (Å²) in [4.78, 5) is 51.6. The van der Waals surface area contributed by atoms with Crippen molar-refractivity contribution in [3.63, 3.8) is 0 Å². The summed E-state index contributed by atoms with van der Waals surface area (Å²) in [6.07, 6.45) is 0.658. The number of halogens is 1. The van der Waals surface area contributed by atoms with E-state index in [1.165, 1.54) is 4.90 Å². The van der Waals surface area contributed by atoms with Gasteiger partial charge in [0.1, 0.15) is 42.3 Å². The number of rotatable bonds is 15. The Bertz CT molecular complexity index is 2460. The second-order valence-corrected chi connectivity index (χ2v) is 19.4. The third-order valence-corrected chi connectivity index (χ3v) is 13.6. The van der Waals surface area contributed by atoms with Crippen molar-refractivity contribution in [2.24, 2.45) is 16.7 Å². The van der Waals surface area contributed by atoms with E-state index in [0.29, 0.717) is 46.4 Å². The quantitative estimate of drug-likeness (QED) is 0.128. The predicted octanol–water partition coefficient (Wildman–Crippen LogP) is 5.86. The molecule has 1 saturated carbocycles. The highest BCUT2D eigenvalue weighted by atomic mass is 35.5. The molecule has 2 aliphatic heterocycles. The van der Waals surface area contributed by atoms with Gasteiger partial charge >= 0.3 is 0 Å². The van der Waals surface area contributed by atoms with Crippen LogP contribution in [0.25, 0.3) is 0 Å². The summed E-state index contributed by atoms with van der Waals surface area (Å²) in [6.45, 7) is 17.9. The van der Waals surface area contributed by atoms with Gasteiger partial charge in [0, 0.05) is 80.9 Å². The van der Waals surface area contributed by atoms with Crippen LogP contribution in [-0.2, 0) is 9.59 Å². The van der Waals surface area contributed by atoms with E-state index in [0.717, 1.165) is 37.6 Å². The van der Waals surface area contributed by atoms with Crippen molar-refractivity contribution in [2.45, 2.75) is 91.1 Å². The maximum Gasteiger partial charge on any atom is 0.254 e. The van der Waals surface area contributed by atoms with Crippen molar-refractivity contribution in [3.05, 3.63) is 99.9 Å². The number of nitriles is 2. The largest absolute Gasteiger partial charge is 0.489 e. The van der Waals surface area contributed by atoms with Crippen molar-refractivity contribution in [3.8, 4) is 23.8 Å². The van der Waals surface area contributed by atoms with Gasteiger partial charge in [-0.05, 0) is 60.0 Å². The van der Waals surface area contributed by atoms with E-state index in [-0.39, 0.29) is 60.7 Å². The number of aliphatic hydroxyl groups excluding tert-OH is 1. The molecule has 3 N–H and O–H groups in total. The number of aliphatic hydroxyl groups is 1. The standard InChI is InChI=1S/C49H58ClN9O7/c1-29(2)42(45(63)59-28-35(60)22-38(59)44(62)54-30(3)32-10-8-31(25-51)9-11-32)39-24-41(56-66-39)64-21-20-57-16-18-58(19-17-57)40-15-13-34(27-53-40)43(61)55-46-48(4,5)47(49(46,6)7)65-36-14-12-33(26-52)37(50)23-36/h8-15,23-24,27,29-30,35,38,42,46-47,60H,16-22,28H2,1-7H3,(H,54,62)(H,55,61)/t30-,35+,38-,42-,46?,47?/m0/s1. The van der Waals surface area contributed by atoms with Crippen LogP contribution in [0.3, 0.4) is 0 Å². The molecular formula is C49H58ClN9O7. The normalized spacial score (nSPS) is 22.1. The van der Waals surface area contributed by atoms with E-state index in [1.54, 1.807) is 60.8 Å². The van der Waals surface area contributed by atoms with E-state index < -0.39 is 28.9 Å². The first kappa shape index (κ1) is 47.8. The number of hydrogen-bond acceptors (Lipinski definition) is 13. The molecule has 66 heavy (non-hydrogen) atoms. The molecule has 17 heteroatoms. The summed E-state index contributed by atoms with van der Waals surface area (Å²) in [5.74, 6) is 0.0680. The van der Waals surface area contributed by atoms with Gasteiger partial charge < -0.3 is 39.5 Å². The molecule has 0 unspecified atom stereocenters. The lowest BCUT2D eigenvalue weighted by Crippen LogP contribution is -2.74. The van der Waals surface area contributed by atoms with Gasteiger partial charge in [0.25, 0.3) is 11.8 Å². The Balaban J connectivity index is 0.861. The van der Waals surface area contributed by atoms with Crippen LogP contribution in [0.15, 0.2) is 71.4 Å². The summed E-state index contributed by atoms with van der Waals surface area (Å²) in [5, 5.41) is 39.6. The minimum Gasteiger partial charge on any atom is -0.489 e. The first-order valence-corrected chi connectivity index (χ1v) is 22.8. The number of anilines is 1. The molecule has 7 rings (SSSR count). The lowest BCUT2D eigenvalue weighted by atomic mass is 9.49. The van der Waals surface area contributed by atoms with Crippen LogP contribution in [0, 0.1) is 39.4 Å². The maximum absolute atomic E-state index is 14.1. The Morgan fingerprint density at radius 1 is 0.970 bits per heavy atom. The van der Waals surface area contributed by atoms with Gasteiger partial charge in [-0.1, -0.05) is 65.3 Å². The van der Waals surface area contributed by atoms with Crippen LogP contribution >= 0.6 is 11.6 Å². The number of nitrogens with zero attached hydrogens (tertiary/aromatic N) is 7. The minimum absolute atomic E-state index is 0.0185. The molecular weight excluding hydrogens is 862 g/mol. The number of nitrogens with one attached hydrogen (secondary N) is 2. The summed E-state index contributed by atoms with van der Waals surface area (Å²) in [6, 6.07) is 20.0. The molecule has 0 bridgehead atoms. The highest BCUT2D eigenvalue weighted by Gasteiger charge is 2.64. The molecule has 4 atom stereocenters. The Morgan fingerprint density at radius 3 is 2.30 bits per heavy atom. The van der Waals surface area contributed by atoms with Crippen LogP contribution in [0.2, 0.25) is 5.02 Å². The summed E-state index contributed by atoms with van der Waals surface area (Å²) in [7, 11) is 0. The number of benzene rings is 2. The number of hydrogen-bond donors (Lipinski definition) is 3. The maximum atomic E-state index is 14.1. The molecule has 0 spiro atoms. The van der Waals surface area contributed by atoms with Crippen molar-refractivity contribution < 1.29 is 33.5 Å². The van der Waals surface area contributed by atoms with E-state index >= 15 is 0 Å². The van der Waals surface area contributed by atoms with Crippen LogP contribution < -0.4 is 25.0 Å². The van der Waals surface area contributed by atoms with Crippen molar-refractivity contribution >= 4 is 35.1 Å². The molecule has 3 aliphatic rings. The molecule has 348 valence electrons. The first-order chi connectivity index (χ1) is 31.4. The number of pyridine rings is 1. The fraction of sp³-hybridized carbons (Fsp3) is 0.490. The number of ether oxygens (including phenoxy) is 2. The predicted molar refractivity (Wildman–Crippen MR) is 246 cm³/mol. The summed E-state index contributed by atoms with van der Waals surface area (Å²) >= 11 is 6.25. The van der Waals surface area contributed by atoms with Crippen LogP contribution in [0.4, 0.5) is 5.82 Å². The zero-order chi connectivity index (χ0) is 47.5. The second-order valence-electron chi connectivity index (χ2n) is 19.0. The van der Waals surface area contributed by atoms with E-state index in [2.05, 4.69) is 70.4 Å². The van der Waals surface area contributed by atoms with Crippen molar-refractivity contribution in [1.82, 2.24) is 30.6 Å². The number of carbonyl (C=O) groups is 3. The number of amides is 3. The molecule has 0 radical (unpaired) electrons. The van der Waals surface area contributed by atoms with Gasteiger partial charge in [0.05, 0.1) is 39.9 Å². The lowest BCUT2D eigenvalue weighted by Gasteiger charge is -2.63. The lowest BCUT2D eigenvalue weighted by molar-refractivity contribution is -0.164. The monoisotopic (exact) mass is 919 g/mol. The Labute approximate surface area is 390 Å². The average Bonchev–Trinajstić information content (AvgIpc) is 3.93. The Kier molecular flexibility index (Phi) is 14.3. The minimum atomic E-state index is -0.867. The third kappa shape index (κ3) is 10.1. The highest BCUT2D eigenvalue weighted by molar-refractivity contribution is 6.31. The van der Waals surface area contributed by atoms with E-state index in [4.69, 9.17) is 30.9 Å². The molecule has 4 heterocycles. The Hall–Kier alpha value is -6.20. The Morgan fingerprint density at radius 2 is 1.68 bits per heavy atom. The first-order valence-electron chi connectivity index (χ1n) is 22.4. The molecule has 4 aromatic rings. The van der Waals surface area contributed by atoms with Gasteiger partial charge in [-0.3, -0.25) is 19.3 Å². The number of carbonyl (C=O) groups excluding carboxylic acids is 3. The van der Waals surface area contributed by atoms with E-state index in [1.807, 2.05) is 26.8 Å². The molecule has 3 fully saturated rings. The van der Waals surface area contributed by atoms with Crippen LogP contribution in [-0.4, -0.2) is 113 Å². The number of likely N-dealkylation sites (tertiary alicyclic amines) is 1. The van der Waals surface area contributed by atoms with Crippen LogP contribution in [0.1, 0.15) is 99.7 Å². The second kappa shape index (κ2) is 19.7. The number of piperazine rings is 1. The fourth-order valence-electron chi connectivity index (χ4n) is 9.94. The van der Waals surface area contributed by atoms with Gasteiger partial charge in [0.2, 0.25) is 11.8 Å². The smallest absolute Gasteiger partial charge is 0.254 e. The molecule has 2 saturated heterocycles. The van der Waals surface area contributed by atoms with Gasteiger partial charge in [-0.15, -0.1) is 0 Å². The molecule has 1 aliphatic carbocycles. The number of β-amino-alcohol motifs (C(OH)–C–C–N with tert-alkyl or cyclic N) is 1. The zero-order valence-electron chi connectivity index (χ0n) is 38.5. The average molecular weight is 921 g/mol. The summed E-state index contributed by atoms with van der Waals surface area (Å²) in [5.41, 5.74) is 1.39. The van der Waals surface area contributed by atoms with Crippen LogP contribution in [0.5, 0.6) is 11.6 Å². The summed E-state index contributed by atoms with van der Waals surface area (Å²) < 4.78 is 18.0. The van der Waals surface area contributed by atoms with E-state index in [9.17, 15) is 24.8 Å². The van der Waals surface area contributed by atoms with Gasteiger partial charge in [0.15, 0.2) is 5.76 Å². The topological polar surface area (TPSA) is 210 Å². The fourth-order valence-corrected chi connectivity index (χ4v) is 10.2. The van der Waals surface area contributed by atoms with Crippen molar-refractivity contribution in [2.75, 3.05) is 50.8 Å². The SMILES string of the molecule is CC(C)[C@H](C(=O)N1C[C@H](O)C[C@H]1C(=O)N[C@@H](C)c1ccc(C#N)cc1)c1cc(OCCN2CCN(c3ccc(C(=O)NC4C(C)(C)C(Oc5ccc(C#N)c(Cl)c5)C4(C)C)cn3)CC2)no1. The molecule has 2 aromatic heterocycles. The zero-order valence-corrected chi connectivity index (χ0v) is 39.2. The van der Waals surface area contributed by atoms with Crippen molar-refractivity contribution in [1.29, 1.82) is 10.5 Å². The molecule has 2 aromatic carbocycles.